The number of carbonyl (C=O) groups is 2. The van der Waals surface area contributed by atoms with Crippen LogP contribution in [0.5, 0.6) is 0 Å². The molecule has 5 nitrogen and oxygen atoms in total. The SMILES string of the molecule is Cc1cc(C(F)(F)F)ccc1-c1cc2cnn(C(CC(C)C)c3ccc(C(=O)CCCC(=O)O)cc3)c2cc1C. The fraction of sp³-hybridized carbons (Fsp3) is 0.344. The molecule has 0 amide bonds. The molecule has 210 valence electrons. The molecule has 0 aliphatic rings. The fourth-order valence-corrected chi connectivity index (χ4v) is 5.14. The second kappa shape index (κ2) is 11.7. The Hall–Kier alpha value is -3.94. The molecule has 0 saturated heterocycles. The molecule has 1 unspecified atom stereocenters. The molecule has 4 rings (SSSR count). The van der Waals surface area contributed by atoms with Gasteiger partial charge in [-0.25, -0.2) is 0 Å². The number of aryl methyl sites for hydroxylation is 2. The van der Waals surface area contributed by atoms with Crippen LogP contribution in [0.4, 0.5) is 13.2 Å². The minimum absolute atomic E-state index is 0.0355. The summed E-state index contributed by atoms with van der Waals surface area (Å²) in [6.07, 6.45) is -1.34. The van der Waals surface area contributed by atoms with E-state index in [1.807, 2.05) is 35.9 Å². The van der Waals surface area contributed by atoms with Crippen LogP contribution in [0.1, 0.15) is 78.2 Å². The lowest BCUT2D eigenvalue weighted by Gasteiger charge is -2.22. The molecule has 0 aliphatic carbocycles. The number of aliphatic carboxylic acids is 1. The molecule has 0 saturated carbocycles. The van der Waals surface area contributed by atoms with E-state index in [0.717, 1.165) is 45.6 Å². The van der Waals surface area contributed by atoms with Crippen molar-refractivity contribution in [2.24, 2.45) is 5.92 Å². The molecule has 0 spiro atoms. The first-order valence-electron chi connectivity index (χ1n) is 13.4. The molecule has 1 atom stereocenters. The highest BCUT2D eigenvalue weighted by atomic mass is 19.4. The number of alkyl halides is 3. The summed E-state index contributed by atoms with van der Waals surface area (Å²) in [5.41, 5.74) is 4.92. The van der Waals surface area contributed by atoms with Gasteiger partial charge in [0.25, 0.3) is 0 Å². The zero-order valence-electron chi connectivity index (χ0n) is 23.0. The first-order chi connectivity index (χ1) is 18.8. The number of aromatic nitrogens is 2. The number of nitrogens with zero attached hydrogens (tertiary/aromatic N) is 2. The quantitative estimate of drug-likeness (QED) is 0.201. The summed E-state index contributed by atoms with van der Waals surface area (Å²) in [6, 6.07) is 15.2. The van der Waals surface area contributed by atoms with Gasteiger partial charge in [-0.2, -0.15) is 18.3 Å². The van der Waals surface area contributed by atoms with Gasteiger partial charge in [0.2, 0.25) is 0 Å². The Labute approximate surface area is 231 Å². The topological polar surface area (TPSA) is 72.2 Å². The third-order valence-corrected chi connectivity index (χ3v) is 7.19. The number of hydrogen-bond acceptors (Lipinski definition) is 3. The van der Waals surface area contributed by atoms with Gasteiger partial charge in [0.15, 0.2) is 5.78 Å². The van der Waals surface area contributed by atoms with Crippen molar-refractivity contribution in [1.82, 2.24) is 9.78 Å². The molecule has 3 aromatic carbocycles. The summed E-state index contributed by atoms with van der Waals surface area (Å²) in [5.74, 6) is -0.640. The normalized spacial score (nSPS) is 12.7. The number of carboxylic acid groups (broad SMARTS) is 1. The number of carboxylic acids is 1. The molecule has 0 aliphatic heterocycles. The largest absolute Gasteiger partial charge is 0.481 e. The van der Waals surface area contributed by atoms with Crippen molar-refractivity contribution in [2.45, 2.75) is 65.6 Å². The van der Waals surface area contributed by atoms with Gasteiger partial charge in [0, 0.05) is 23.8 Å². The molecule has 4 aromatic rings. The summed E-state index contributed by atoms with van der Waals surface area (Å²) in [4.78, 5) is 23.2. The second-order valence-corrected chi connectivity index (χ2v) is 10.8. The molecular formula is C32H33F3N2O3. The average Bonchev–Trinajstić information content (AvgIpc) is 3.28. The summed E-state index contributed by atoms with van der Waals surface area (Å²) in [5, 5.41) is 14.4. The van der Waals surface area contributed by atoms with E-state index in [0.29, 0.717) is 23.5 Å². The number of rotatable bonds is 10. The highest BCUT2D eigenvalue weighted by Crippen LogP contribution is 2.37. The molecule has 40 heavy (non-hydrogen) atoms. The Balaban J connectivity index is 1.67. The van der Waals surface area contributed by atoms with Crippen LogP contribution in [0.2, 0.25) is 0 Å². The molecule has 0 fully saturated rings. The monoisotopic (exact) mass is 550 g/mol. The first kappa shape index (κ1) is 29.1. The minimum Gasteiger partial charge on any atom is -0.481 e. The molecule has 1 heterocycles. The van der Waals surface area contributed by atoms with Crippen molar-refractivity contribution >= 4 is 22.7 Å². The van der Waals surface area contributed by atoms with E-state index in [-0.39, 0.29) is 24.7 Å². The Kier molecular flexibility index (Phi) is 8.47. The molecule has 8 heteroatoms. The van der Waals surface area contributed by atoms with Crippen LogP contribution in [0.25, 0.3) is 22.0 Å². The number of benzene rings is 3. The van der Waals surface area contributed by atoms with Gasteiger partial charge in [-0.05, 0) is 84.7 Å². The van der Waals surface area contributed by atoms with Crippen LogP contribution in [0.3, 0.4) is 0 Å². The van der Waals surface area contributed by atoms with Gasteiger partial charge in [0.05, 0.1) is 23.3 Å². The fourth-order valence-electron chi connectivity index (χ4n) is 5.14. The van der Waals surface area contributed by atoms with Crippen molar-refractivity contribution in [3.63, 3.8) is 0 Å². The van der Waals surface area contributed by atoms with Gasteiger partial charge in [-0.1, -0.05) is 44.2 Å². The predicted molar refractivity (Wildman–Crippen MR) is 149 cm³/mol. The summed E-state index contributed by atoms with van der Waals surface area (Å²) >= 11 is 0. The van der Waals surface area contributed by atoms with Crippen LogP contribution in [0.15, 0.2) is 60.8 Å². The zero-order chi connectivity index (χ0) is 29.2. The van der Waals surface area contributed by atoms with Gasteiger partial charge < -0.3 is 5.11 Å². The Morgan fingerprint density at radius 2 is 1.60 bits per heavy atom. The van der Waals surface area contributed by atoms with E-state index in [1.54, 1.807) is 25.3 Å². The summed E-state index contributed by atoms with van der Waals surface area (Å²) in [6.45, 7) is 7.91. The Morgan fingerprint density at radius 3 is 2.20 bits per heavy atom. The third kappa shape index (κ3) is 6.43. The van der Waals surface area contributed by atoms with Gasteiger partial charge >= 0.3 is 12.1 Å². The molecule has 1 aromatic heterocycles. The average molecular weight is 551 g/mol. The van der Waals surface area contributed by atoms with Gasteiger partial charge in [-0.15, -0.1) is 0 Å². The van der Waals surface area contributed by atoms with Crippen molar-refractivity contribution in [3.05, 3.63) is 88.6 Å². The maximum atomic E-state index is 13.2. The minimum atomic E-state index is -4.39. The van der Waals surface area contributed by atoms with Crippen molar-refractivity contribution in [3.8, 4) is 11.1 Å². The number of Topliss-reactive ketones (excluding diaryl/α,β-unsaturated/α-hetero) is 1. The highest BCUT2D eigenvalue weighted by Gasteiger charge is 2.31. The number of fused-ring (bicyclic) bond motifs is 1. The summed E-state index contributed by atoms with van der Waals surface area (Å²) < 4.78 is 41.5. The summed E-state index contributed by atoms with van der Waals surface area (Å²) in [7, 11) is 0. The maximum Gasteiger partial charge on any atom is 0.416 e. The number of halogens is 3. The maximum absolute atomic E-state index is 13.2. The zero-order valence-corrected chi connectivity index (χ0v) is 23.0. The van der Waals surface area contributed by atoms with Crippen LogP contribution < -0.4 is 0 Å². The van der Waals surface area contributed by atoms with E-state index in [1.165, 1.54) is 12.1 Å². The van der Waals surface area contributed by atoms with E-state index in [9.17, 15) is 22.8 Å². The van der Waals surface area contributed by atoms with E-state index in [4.69, 9.17) is 10.2 Å². The lowest BCUT2D eigenvalue weighted by atomic mass is 9.93. The van der Waals surface area contributed by atoms with Gasteiger partial charge in [-0.3, -0.25) is 14.3 Å². The van der Waals surface area contributed by atoms with Crippen molar-refractivity contribution in [2.75, 3.05) is 0 Å². The number of hydrogen-bond donors (Lipinski definition) is 1. The molecule has 0 radical (unpaired) electrons. The molecular weight excluding hydrogens is 517 g/mol. The molecule has 1 N–H and O–H groups in total. The van der Waals surface area contributed by atoms with Crippen LogP contribution in [0, 0.1) is 19.8 Å². The predicted octanol–water partition coefficient (Wildman–Crippen LogP) is 8.41. The van der Waals surface area contributed by atoms with Crippen molar-refractivity contribution in [1.29, 1.82) is 0 Å². The van der Waals surface area contributed by atoms with Crippen LogP contribution in [-0.4, -0.2) is 26.6 Å². The van der Waals surface area contributed by atoms with Crippen molar-refractivity contribution < 1.29 is 27.9 Å². The number of ketones is 1. The molecule has 0 bridgehead atoms. The smallest absolute Gasteiger partial charge is 0.416 e. The number of carbonyl (C=O) groups excluding carboxylic acids is 1. The lowest BCUT2D eigenvalue weighted by molar-refractivity contribution is -0.138. The van der Waals surface area contributed by atoms with E-state index < -0.39 is 17.7 Å². The van der Waals surface area contributed by atoms with E-state index in [2.05, 4.69) is 13.8 Å². The lowest BCUT2D eigenvalue weighted by Crippen LogP contribution is -2.15. The second-order valence-electron chi connectivity index (χ2n) is 10.8. The standard InChI is InChI=1S/C32H33F3N2O3/c1-19(2)14-28(22-8-10-23(11-9-22)30(38)6-5-7-31(39)40)37-29-16-21(4)27(17-24(29)18-36-37)26-13-12-25(15-20(26)3)32(33,34)35/h8-13,15-19,28H,5-7,14H2,1-4H3,(H,39,40). The van der Waals surface area contributed by atoms with Crippen LogP contribution >= 0.6 is 0 Å². The first-order valence-corrected chi connectivity index (χ1v) is 13.4. The van der Waals surface area contributed by atoms with Crippen LogP contribution in [-0.2, 0) is 11.0 Å². The Morgan fingerprint density at radius 1 is 0.925 bits per heavy atom. The third-order valence-electron chi connectivity index (χ3n) is 7.19. The Bertz CT molecular complexity index is 1540. The van der Waals surface area contributed by atoms with Gasteiger partial charge in [0.1, 0.15) is 0 Å². The highest BCUT2D eigenvalue weighted by molar-refractivity contribution is 5.96. The van der Waals surface area contributed by atoms with E-state index >= 15 is 0 Å².